The highest BCUT2D eigenvalue weighted by atomic mass is 35.5. The first-order chi connectivity index (χ1) is 23.7. The predicted molar refractivity (Wildman–Crippen MR) is 182 cm³/mol. The summed E-state index contributed by atoms with van der Waals surface area (Å²) in [6.07, 6.45) is 0. The molecule has 4 heterocycles. The first-order valence-corrected chi connectivity index (χ1v) is 18.3. The van der Waals surface area contributed by atoms with E-state index in [0.717, 1.165) is 12.1 Å². The molecule has 0 atom stereocenters. The molecular weight excluding hydrogens is 739 g/mol. The highest BCUT2D eigenvalue weighted by Crippen LogP contribution is 2.41. The SMILES string of the molecule is Nc1ccc(C(=C(c2nc(Cl)nc(N3CCOCC3)n2)c2ccc(N)cc2S(=O)(=O)O)c2nc(Cl)nc(N3CCOCC3)n2)c(S(=O)(=O)O)c1. The van der Waals surface area contributed by atoms with E-state index in [0.29, 0.717) is 52.6 Å². The Morgan fingerprint density at radius 2 is 0.980 bits per heavy atom. The van der Waals surface area contributed by atoms with E-state index in [4.69, 9.17) is 44.1 Å². The summed E-state index contributed by atoms with van der Waals surface area (Å²) in [6.45, 7) is 2.81. The summed E-state index contributed by atoms with van der Waals surface area (Å²) in [6, 6.07) is 7.13. The van der Waals surface area contributed by atoms with Gasteiger partial charge in [-0.15, -0.1) is 0 Å². The van der Waals surface area contributed by atoms with Gasteiger partial charge in [-0.25, -0.2) is 0 Å². The summed E-state index contributed by atoms with van der Waals surface area (Å²) < 4.78 is 83.6. The fourth-order valence-electron chi connectivity index (χ4n) is 5.36. The quantitative estimate of drug-likeness (QED) is 0.113. The van der Waals surface area contributed by atoms with Crippen LogP contribution in [0.5, 0.6) is 0 Å². The average Bonchev–Trinajstić information content (AvgIpc) is 3.07. The van der Waals surface area contributed by atoms with Crippen LogP contribution in [0.25, 0.3) is 11.1 Å². The molecule has 0 unspecified atom stereocenters. The van der Waals surface area contributed by atoms with Crippen molar-refractivity contribution in [2.45, 2.75) is 9.79 Å². The van der Waals surface area contributed by atoms with Crippen LogP contribution in [0.1, 0.15) is 22.8 Å². The second kappa shape index (κ2) is 14.2. The van der Waals surface area contributed by atoms with Gasteiger partial charge in [-0.05, 0) is 47.5 Å². The molecule has 0 saturated carbocycles. The number of halogens is 2. The maximum absolute atomic E-state index is 12.9. The summed E-state index contributed by atoms with van der Waals surface area (Å²) in [5.74, 6) is -0.476. The zero-order valence-corrected chi connectivity index (χ0v) is 28.9. The molecule has 22 heteroatoms. The first kappa shape index (κ1) is 35.5. The molecule has 18 nitrogen and oxygen atoms in total. The van der Waals surface area contributed by atoms with Crippen LogP contribution in [-0.2, 0) is 29.7 Å². The third kappa shape index (κ3) is 7.71. The summed E-state index contributed by atoms with van der Waals surface area (Å²) >= 11 is 12.9. The van der Waals surface area contributed by atoms with E-state index < -0.39 is 30.0 Å². The van der Waals surface area contributed by atoms with Gasteiger partial charge in [0.25, 0.3) is 20.2 Å². The Bertz CT molecular complexity index is 2060. The van der Waals surface area contributed by atoms with Crippen LogP contribution < -0.4 is 21.3 Å². The minimum absolute atomic E-state index is 0.0473. The molecule has 2 aliphatic rings. The third-order valence-corrected chi connectivity index (χ3v) is 9.71. The summed E-state index contributed by atoms with van der Waals surface area (Å²) in [4.78, 5) is 28.4. The second-order valence-electron chi connectivity index (χ2n) is 10.9. The Kier molecular flexibility index (Phi) is 10.1. The van der Waals surface area contributed by atoms with Crippen molar-refractivity contribution in [2.75, 3.05) is 73.9 Å². The molecule has 6 N–H and O–H groups in total. The monoisotopic (exact) mass is 766 g/mol. The lowest BCUT2D eigenvalue weighted by Gasteiger charge is -2.28. The van der Waals surface area contributed by atoms with Crippen LogP contribution in [0, 0.1) is 0 Å². The Morgan fingerprint density at radius 3 is 1.32 bits per heavy atom. The molecule has 2 aromatic carbocycles. The molecule has 6 rings (SSSR count). The van der Waals surface area contributed by atoms with Crippen molar-refractivity contribution in [1.82, 2.24) is 29.9 Å². The Balaban J connectivity index is 1.81. The lowest BCUT2D eigenvalue weighted by atomic mass is 9.92. The first-order valence-electron chi connectivity index (χ1n) is 14.7. The van der Waals surface area contributed by atoms with Gasteiger partial charge in [0.1, 0.15) is 9.79 Å². The Morgan fingerprint density at radius 1 is 0.620 bits per heavy atom. The second-order valence-corrected chi connectivity index (χ2v) is 14.3. The number of nitrogens with two attached hydrogens (primary N) is 2. The van der Waals surface area contributed by atoms with E-state index in [9.17, 15) is 25.9 Å². The number of rotatable bonds is 8. The van der Waals surface area contributed by atoms with Crippen molar-refractivity contribution in [3.63, 3.8) is 0 Å². The van der Waals surface area contributed by atoms with Crippen molar-refractivity contribution >= 4 is 77.9 Å². The molecule has 0 radical (unpaired) electrons. The number of aromatic nitrogens is 6. The lowest BCUT2D eigenvalue weighted by molar-refractivity contribution is 0.122. The smallest absolute Gasteiger partial charge is 0.295 e. The van der Waals surface area contributed by atoms with Crippen molar-refractivity contribution in [3.8, 4) is 0 Å². The molecule has 2 aliphatic heterocycles. The molecule has 4 aromatic rings. The highest BCUT2D eigenvalue weighted by Gasteiger charge is 2.32. The van der Waals surface area contributed by atoms with Crippen LogP contribution in [0.4, 0.5) is 23.3 Å². The molecule has 0 spiro atoms. The number of nitrogens with zero attached hydrogens (tertiary/aromatic N) is 8. The summed E-state index contributed by atoms with van der Waals surface area (Å²) in [5, 5.41) is -0.653. The van der Waals surface area contributed by atoms with Gasteiger partial charge in [-0.3, -0.25) is 9.11 Å². The van der Waals surface area contributed by atoms with E-state index >= 15 is 0 Å². The molecule has 0 amide bonds. The van der Waals surface area contributed by atoms with Gasteiger partial charge in [0, 0.05) is 59.8 Å². The normalized spacial score (nSPS) is 16.3. The van der Waals surface area contributed by atoms with Gasteiger partial charge < -0.3 is 30.7 Å². The van der Waals surface area contributed by atoms with E-state index in [1.165, 1.54) is 24.3 Å². The number of anilines is 4. The average molecular weight is 768 g/mol. The molecule has 2 aromatic heterocycles. The molecule has 0 bridgehead atoms. The Hall–Kier alpha value is -4.28. The van der Waals surface area contributed by atoms with Crippen LogP contribution in [0.3, 0.4) is 0 Å². The fraction of sp³-hybridized carbons (Fsp3) is 0.286. The van der Waals surface area contributed by atoms with Crippen LogP contribution in [0.15, 0.2) is 46.2 Å². The largest absolute Gasteiger partial charge is 0.399 e. The van der Waals surface area contributed by atoms with Gasteiger partial charge in [-0.2, -0.15) is 46.7 Å². The standard InChI is InChI=1S/C28H28Cl2N10O8S2/c29-25-33-23(35-27(37-25)39-5-9-47-10-6-39)21(17-3-1-15(31)13-19(17)49(41,42)43)22(18-4-2-16(32)14-20(18)50(44,45)46)24-34-26(30)38-28(36-24)40-7-11-48-12-8-40/h1-4,13-14H,5-12,31-32H2,(H,41,42,43)(H,44,45,46). The molecule has 0 aliphatic carbocycles. The minimum Gasteiger partial charge on any atom is -0.399 e. The fourth-order valence-corrected chi connectivity index (χ4v) is 7.14. The maximum Gasteiger partial charge on any atom is 0.295 e. The van der Waals surface area contributed by atoms with Gasteiger partial charge in [0.15, 0.2) is 11.6 Å². The number of nitrogen functional groups attached to an aromatic ring is 2. The van der Waals surface area contributed by atoms with Gasteiger partial charge in [0.05, 0.1) is 26.4 Å². The van der Waals surface area contributed by atoms with E-state index in [-0.39, 0.29) is 67.8 Å². The van der Waals surface area contributed by atoms with Gasteiger partial charge in [-0.1, -0.05) is 12.1 Å². The van der Waals surface area contributed by atoms with Crippen LogP contribution in [-0.4, -0.2) is 108 Å². The zero-order chi connectivity index (χ0) is 35.8. The molecule has 2 saturated heterocycles. The topological polar surface area (TPSA) is 263 Å². The Labute approximate surface area is 295 Å². The van der Waals surface area contributed by atoms with E-state index in [1.807, 2.05) is 0 Å². The number of morpholine rings is 2. The lowest BCUT2D eigenvalue weighted by Crippen LogP contribution is -2.37. The van der Waals surface area contributed by atoms with Gasteiger partial charge in [0.2, 0.25) is 22.5 Å². The number of benzene rings is 2. The molecule has 2 fully saturated rings. The summed E-state index contributed by atoms with van der Waals surface area (Å²) in [7, 11) is -10.1. The minimum atomic E-state index is -5.06. The third-order valence-electron chi connectivity index (χ3n) is 7.58. The van der Waals surface area contributed by atoms with Crippen LogP contribution in [0.2, 0.25) is 10.6 Å². The maximum atomic E-state index is 12.9. The number of ether oxygens (including phenoxy) is 2. The number of hydrogen-bond acceptors (Lipinski definition) is 16. The van der Waals surface area contributed by atoms with Crippen molar-refractivity contribution in [1.29, 1.82) is 0 Å². The summed E-state index contributed by atoms with van der Waals surface area (Å²) in [5.41, 5.74) is 10.7. The zero-order valence-electron chi connectivity index (χ0n) is 25.8. The molecule has 264 valence electrons. The highest BCUT2D eigenvalue weighted by molar-refractivity contribution is 7.86. The molecular formula is C28H28Cl2N10O8S2. The van der Waals surface area contributed by atoms with Crippen molar-refractivity contribution < 1.29 is 35.4 Å². The predicted octanol–water partition coefficient (Wildman–Crippen LogP) is 1.70. The van der Waals surface area contributed by atoms with Crippen molar-refractivity contribution in [2.24, 2.45) is 0 Å². The van der Waals surface area contributed by atoms with Gasteiger partial charge >= 0.3 is 0 Å². The van der Waals surface area contributed by atoms with E-state index in [2.05, 4.69) is 29.9 Å². The molecule has 50 heavy (non-hydrogen) atoms. The van der Waals surface area contributed by atoms with Crippen molar-refractivity contribution in [3.05, 3.63) is 69.7 Å². The number of hydrogen-bond donors (Lipinski definition) is 4. The van der Waals surface area contributed by atoms with Crippen LogP contribution >= 0.6 is 23.2 Å². The van der Waals surface area contributed by atoms with E-state index in [1.54, 1.807) is 9.80 Å².